The van der Waals surface area contributed by atoms with Crippen molar-refractivity contribution in [1.29, 1.82) is 0 Å². The SMILES string of the molecule is COc1cccc(Nc2ncc(Br)s2)c1. The fourth-order valence-electron chi connectivity index (χ4n) is 1.14. The van der Waals surface area contributed by atoms with Crippen LogP contribution in [-0.4, -0.2) is 12.1 Å². The predicted molar refractivity (Wildman–Crippen MR) is 66.1 cm³/mol. The van der Waals surface area contributed by atoms with Gasteiger partial charge in [-0.3, -0.25) is 0 Å². The van der Waals surface area contributed by atoms with Gasteiger partial charge in [0.15, 0.2) is 5.13 Å². The van der Waals surface area contributed by atoms with Gasteiger partial charge < -0.3 is 10.1 Å². The van der Waals surface area contributed by atoms with Gasteiger partial charge in [-0.2, -0.15) is 0 Å². The molecule has 3 nitrogen and oxygen atoms in total. The van der Waals surface area contributed by atoms with Crippen molar-refractivity contribution in [3.63, 3.8) is 0 Å². The molecule has 0 saturated carbocycles. The zero-order valence-corrected chi connectivity index (χ0v) is 10.4. The Morgan fingerprint density at radius 2 is 2.33 bits per heavy atom. The van der Waals surface area contributed by atoms with E-state index in [-0.39, 0.29) is 0 Å². The Labute approximate surface area is 100 Å². The number of hydrogen-bond donors (Lipinski definition) is 1. The molecule has 0 aliphatic heterocycles. The minimum Gasteiger partial charge on any atom is -0.497 e. The lowest BCUT2D eigenvalue weighted by Crippen LogP contribution is -1.89. The highest BCUT2D eigenvalue weighted by molar-refractivity contribution is 9.11. The number of ether oxygens (including phenoxy) is 1. The predicted octanol–water partition coefficient (Wildman–Crippen LogP) is 3.66. The van der Waals surface area contributed by atoms with Crippen molar-refractivity contribution in [2.75, 3.05) is 12.4 Å². The van der Waals surface area contributed by atoms with E-state index >= 15 is 0 Å². The second-order valence-corrected chi connectivity index (χ2v) is 5.24. The van der Waals surface area contributed by atoms with E-state index in [1.165, 1.54) is 0 Å². The van der Waals surface area contributed by atoms with Crippen molar-refractivity contribution < 1.29 is 4.74 Å². The van der Waals surface area contributed by atoms with Gasteiger partial charge in [-0.1, -0.05) is 17.4 Å². The quantitative estimate of drug-likeness (QED) is 0.934. The van der Waals surface area contributed by atoms with Crippen LogP contribution in [0.1, 0.15) is 0 Å². The minimum absolute atomic E-state index is 0.829. The first-order valence-corrected chi connectivity index (χ1v) is 5.91. The van der Waals surface area contributed by atoms with E-state index < -0.39 is 0 Å². The lowest BCUT2D eigenvalue weighted by atomic mass is 10.3. The largest absolute Gasteiger partial charge is 0.497 e. The molecule has 78 valence electrons. The fourth-order valence-corrected chi connectivity index (χ4v) is 2.26. The number of aromatic nitrogens is 1. The summed E-state index contributed by atoms with van der Waals surface area (Å²) < 4.78 is 6.14. The molecule has 2 aromatic rings. The zero-order valence-electron chi connectivity index (χ0n) is 8.03. The maximum Gasteiger partial charge on any atom is 0.188 e. The lowest BCUT2D eigenvalue weighted by molar-refractivity contribution is 0.415. The van der Waals surface area contributed by atoms with Crippen LogP contribution in [-0.2, 0) is 0 Å². The fraction of sp³-hybridized carbons (Fsp3) is 0.100. The number of halogens is 1. The molecule has 0 radical (unpaired) electrons. The molecule has 0 unspecified atom stereocenters. The summed E-state index contributed by atoms with van der Waals surface area (Å²) in [5, 5.41) is 4.05. The topological polar surface area (TPSA) is 34.1 Å². The Balaban J connectivity index is 2.16. The number of nitrogens with zero attached hydrogens (tertiary/aromatic N) is 1. The van der Waals surface area contributed by atoms with Gasteiger partial charge >= 0.3 is 0 Å². The van der Waals surface area contributed by atoms with Crippen LogP contribution in [0.4, 0.5) is 10.8 Å². The Kier molecular flexibility index (Phi) is 3.23. The van der Waals surface area contributed by atoms with Gasteiger partial charge in [-0.05, 0) is 28.1 Å². The third-order valence-corrected chi connectivity index (χ3v) is 3.19. The van der Waals surface area contributed by atoms with Gasteiger partial charge in [0.1, 0.15) is 5.75 Å². The zero-order chi connectivity index (χ0) is 10.7. The molecular formula is C10H9BrN2OS. The van der Waals surface area contributed by atoms with Crippen LogP contribution in [0, 0.1) is 0 Å². The molecule has 0 atom stereocenters. The van der Waals surface area contributed by atoms with Gasteiger partial charge in [0.05, 0.1) is 17.1 Å². The number of methoxy groups -OCH3 is 1. The molecule has 0 aliphatic rings. The van der Waals surface area contributed by atoms with Crippen molar-refractivity contribution >= 4 is 38.1 Å². The molecule has 1 aromatic carbocycles. The van der Waals surface area contributed by atoms with E-state index in [1.807, 2.05) is 24.3 Å². The molecule has 0 spiro atoms. The van der Waals surface area contributed by atoms with E-state index in [0.717, 1.165) is 20.4 Å². The van der Waals surface area contributed by atoms with Crippen LogP contribution in [0.3, 0.4) is 0 Å². The number of thiazole rings is 1. The normalized spacial score (nSPS) is 10.0. The Bertz CT molecular complexity index is 458. The molecule has 2 rings (SSSR count). The first-order chi connectivity index (χ1) is 7.28. The van der Waals surface area contributed by atoms with E-state index in [2.05, 4.69) is 26.2 Å². The Hall–Kier alpha value is -1.07. The highest BCUT2D eigenvalue weighted by Crippen LogP contribution is 2.27. The van der Waals surface area contributed by atoms with E-state index in [0.29, 0.717) is 0 Å². The third kappa shape index (κ3) is 2.70. The first kappa shape index (κ1) is 10.4. The van der Waals surface area contributed by atoms with Crippen LogP contribution >= 0.6 is 27.3 Å². The van der Waals surface area contributed by atoms with Crippen molar-refractivity contribution in [2.45, 2.75) is 0 Å². The van der Waals surface area contributed by atoms with Gasteiger partial charge in [-0.25, -0.2) is 4.98 Å². The molecule has 1 N–H and O–H groups in total. The van der Waals surface area contributed by atoms with Crippen LogP contribution in [0.5, 0.6) is 5.75 Å². The molecular weight excluding hydrogens is 276 g/mol. The monoisotopic (exact) mass is 284 g/mol. The first-order valence-electron chi connectivity index (χ1n) is 4.30. The van der Waals surface area contributed by atoms with Gasteiger partial charge in [0, 0.05) is 11.8 Å². The molecule has 15 heavy (non-hydrogen) atoms. The van der Waals surface area contributed by atoms with Crippen molar-refractivity contribution in [1.82, 2.24) is 4.98 Å². The second-order valence-electron chi connectivity index (χ2n) is 2.83. The molecule has 1 aromatic heterocycles. The third-order valence-electron chi connectivity index (χ3n) is 1.80. The Morgan fingerprint density at radius 1 is 1.47 bits per heavy atom. The molecule has 0 fully saturated rings. The van der Waals surface area contributed by atoms with Crippen LogP contribution in [0.15, 0.2) is 34.2 Å². The van der Waals surface area contributed by atoms with Crippen molar-refractivity contribution in [2.24, 2.45) is 0 Å². The molecule has 0 amide bonds. The lowest BCUT2D eigenvalue weighted by Gasteiger charge is -2.04. The van der Waals surface area contributed by atoms with E-state index in [1.54, 1.807) is 24.6 Å². The summed E-state index contributed by atoms with van der Waals surface area (Å²) in [7, 11) is 1.65. The number of nitrogens with one attached hydrogen (secondary N) is 1. The summed E-state index contributed by atoms with van der Waals surface area (Å²) >= 11 is 4.91. The molecule has 0 aliphatic carbocycles. The standard InChI is InChI=1S/C10H9BrN2OS/c1-14-8-4-2-3-7(5-8)13-10-12-6-9(11)15-10/h2-6H,1H3,(H,12,13). The number of anilines is 2. The molecule has 0 bridgehead atoms. The maximum absolute atomic E-state index is 5.13. The van der Waals surface area contributed by atoms with Gasteiger partial charge in [0.25, 0.3) is 0 Å². The minimum atomic E-state index is 0.829. The van der Waals surface area contributed by atoms with Crippen LogP contribution in [0.2, 0.25) is 0 Å². The van der Waals surface area contributed by atoms with E-state index in [4.69, 9.17) is 4.74 Å². The number of rotatable bonds is 3. The summed E-state index contributed by atoms with van der Waals surface area (Å²) in [6, 6.07) is 7.74. The van der Waals surface area contributed by atoms with Crippen LogP contribution < -0.4 is 10.1 Å². The molecule has 5 heteroatoms. The van der Waals surface area contributed by atoms with Gasteiger partial charge in [-0.15, -0.1) is 0 Å². The smallest absolute Gasteiger partial charge is 0.188 e. The molecule has 1 heterocycles. The highest BCUT2D eigenvalue weighted by atomic mass is 79.9. The van der Waals surface area contributed by atoms with Gasteiger partial charge in [0.2, 0.25) is 0 Å². The number of hydrogen-bond acceptors (Lipinski definition) is 4. The summed E-state index contributed by atoms with van der Waals surface area (Å²) in [5.74, 6) is 0.829. The van der Waals surface area contributed by atoms with E-state index in [9.17, 15) is 0 Å². The average molecular weight is 285 g/mol. The maximum atomic E-state index is 5.13. The van der Waals surface area contributed by atoms with Crippen molar-refractivity contribution in [3.05, 3.63) is 34.2 Å². The Morgan fingerprint density at radius 3 is 3.00 bits per heavy atom. The second kappa shape index (κ2) is 4.63. The molecule has 0 saturated heterocycles. The summed E-state index contributed by atoms with van der Waals surface area (Å²) in [6.07, 6.45) is 1.77. The number of benzene rings is 1. The summed E-state index contributed by atoms with van der Waals surface area (Å²) in [5.41, 5.74) is 0.969. The average Bonchev–Trinajstić information content (AvgIpc) is 2.64. The van der Waals surface area contributed by atoms with Crippen molar-refractivity contribution in [3.8, 4) is 5.75 Å². The highest BCUT2D eigenvalue weighted by Gasteiger charge is 2.00. The summed E-state index contributed by atoms with van der Waals surface area (Å²) in [4.78, 5) is 4.19. The summed E-state index contributed by atoms with van der Waals surface area (Å²) in [6.45, 7) is 0. The van der Waals surface area contributed by atoms with Crippen LogP contribution in [0.25, 0.3) is 0 Å².